The predicted molar refractivity (Wildman–Crippen MR) is 147 cm³/mol. The lowest BCUT2D eigenvalue weighted by molar-refractivity contribution is 0.0426. The van der Waals surface area contributed by atoms with Gasteiger partial charge in [-0.25, -0.2) is 0 Å². The summed E-state index contributed by atoms with van der Waals surface area (Å²) in [5, 5.41) is 0. The van der Waals surface area contributed by atoms with Crippen LogP contribution in [0.2, 0.25) is 18.1 Å². The van der Waals surface area contributed by atoms with Gasteiger partial charge in [0, 0.05) is 42.7 Å². The summed E-state index contributed by atoms with van der Waals surface area (Å²) < 4.78 is 39.1. The lowest BCUT2D eigenvalue weighted by Crippen LogP contribution is -2.32. The SMILES string of the molecule is CO[SiH](CCCCCC(CCCCC[SiH](OC)OC)(CCCCC[SiH](OC)OC)O[SiH3])OC. The Morgan fingerprint density at radius 3 is 0.939 bits per heavy atom. The third-order valence-corrected chi connectivity index (χ3v) is 13.4. The van der Waals surface area contributed by atoms with Gasteiger partial charge in [-0.1, -0.05) is 57.8 Å². The second-order valence-corrected chi connectivity index (χ2v) is 16.4. The van der Waals surface area contributed by atoms with E-state index < -0.39 is 27.9 Å². The maximum Gasteiger partial charge on any atom is 0.320 e. The molecule has 0 aliphatic carbocycles. The Hall–Kier alpha value is 0.588. The Balaban J connectivity index is 4.55. The third kappa shape index (κ3) is 16.8. The number of rotatable bonds is 25. The summed E-state index contributed by atoms with van der Waals surface area (Å²) in [6, 6.07) is 3.28. The smallest absolute Gasteiger partial charge is 0.320 e. The first-order valence-electron chi connectivity index (χ1n) is 12.8. The molecule has 0 aromatic carbocycles. The molecule has 11 heteroatoms. The molecule has 33 heavy (non-hydrogen) atoms. The van der Waals surface area contributed by atoms with E-state index in [1.165, 1.54) is 77.0 Å². The van der Waals surface area contributed by atoms with Crippen molar-refractivity contribution in [1.29, 1.82) is 0 Å². The average Bonchev–Trinajstić information content (AvgIpc) is 2.85. The van der Waals surface area contributed by atoms with Gasteiger partial charge in [-0.05, 0) is 37.4 Å². The van der Waals surface area contributed by atoms with Gasteiger partial charge in [0.25, 0.3) is 0 Å². The van der Waals surface area contributed by atoms with E-state index in [0.717, 1.165) is 28.6 Å². The Morgan fingerprint density at radius 2 is 0.727 bits per heavy atom. The van der Waals surface area contributed by atoms with Gasteiger partial charge in [-0.15, -0.1) is 0 Å². The summed E-state index contributed by atoms with van der Waals surface area (Å²) in [5.41, 5.74) is 0.0598. The molecule has 0 rings (SSSR count). The van der Waals surface area contributed by atoms with Gasteiger partial charge in [-0.3, -0.25) is 0 Å². The molecule has 0 heterocycles. The maximum atomic E-state index is 6.36. The Labute approximate surface area is 212 Å². The fraction of sp³-hybridized carbons (Fsp3) is 1.00. The minimum Gasteiger partial charge on any atom is -0.422 e. The van der Waals surface area contributed by atoms with Crippen molar-refractivity contribution >= 4 is 38.3 Å². The Kier molecular flexibility index (Phi) is 23.4. The highest BCUT2D eigenvalue weighted by Gasteiger charge is 2.28. The highest BCUT2D eigenvalue weighted by Crippen LogP contribution is 2.32. The normalized spacial score (nSPS) is 12.6. The van der Waals surface area contributed by atoms with Crippen molar-refractivity contribution < 1.29 is 31.0 Å². The molecule has 200 valence electrons. The quantitative estimate of drug-likeness (QED) is 0.130. The zero-order valence-corrected chi connectivity index (χ0v) is 28.2. The van der Waals surface area contributed by atoms with E-state index in [9.17, 15) is 0 Å². The van der Waals surface area contributed by atoms with Gasteiger partial charge in [0.2, 0.25) is 0 Å². The van der Waals surface area contributed by atoms with Crippen LogP contribution in [-0.2, 0) is 31.0 Å². The molecule has 0 saturated heterocycles. The molecule has 0 N–H and O–H groups in total. The average molecular weight is 543 g/mol. The van der Waals surface area contributed by atoms with Gasteiger partial charge >= 0.3 is 27.9 Å². The molecule has 0 fully saturated rings. The van der Waals surface area contributed by atoms with Crippen LogP contribution in [0, 0.1) is 0 Å². The summed E-state index contributed by atoms with van der Waals surface area (Å²) in [7, 11) is 7.16. The fourth-order valence-corrected chi connectivity index (χ4v) is 8.95. The second kappa shape index (κ2) is 23.0. The lowest BCUT2D eigenvalue weighted by Gasteiger charge is -2.34. The zero-order chi connectivity index (χ0) is 24.8. The van der Waals surface area contributed by atoms with Crippen LogP contribution in [0.3, 0.4) is 0 Å². The van der Waals surface area contributed by atoms with Crippen molar-refractivity contribution in [2.75, 3.05) is 42.7 Å². The van der Waals surface area contributed by atoms with Gasteiger partial charge in [0.15, 0.2) is 0 Å². The van der Waals surface area contributed by atoms with Gasteiger partial charge in [0.05, 0.1) is 5.60 Å². The topological polar surface area (TPSA) is 64.6 Å². The molecule has 0 aliphatic heterocycles. The first kappa shape index (κ1) is 33.6. The molecule has 0 radical (unpaired) electrons. The van der Waals surface area contributed by atoms with Crippen molar-refractivity contribution in [3.05, 3.63) is 0 Å². The summed E-state index contributed by atoms with van der Waals surface area (Å²) in [6.07, 6.45) is 14.4. The number of hydrogen-bond donors (Lipinski definition) is 0. The first-order chi connectivity index (χ1) is 16.0. The predicted octanol–water partition coefficient (Wildman–Crippen LogP) is 3.24. The van der Waals surface area contributed by atoms with E-state index >= 15 is 0 Å². The Bertz CT molecular complexity index is 357. The molecular formula is C22H54O7Si4. The van der Waals surface area contributed by atoms with Crippen molar-refractivity contribution in [3.63, 3.8) is 0 Å². The van der Waals surface area contributed by atoms with Crippen LogP contribution in [0.5, 0.6) is 0 Å². The van der Waals surface area contributed by atoms with Crippen molar-refractivity contribution in [2.45, 2.75) is 101 Å². The molecule has 0 saturated carbocycles. The molecule has 0 aromatic heterocycles. The van der Waals surface area contributed by atoms with E-state index in [-0.39, 0.29) is 5.60 Å². The lowest BCUT2D eigenvalue weighted by atomic mass is 9.85. The molecular weight excluding hydrogens is 489 g/mol. The number of hydrogen-bond acceptors (Lipinski definition) is 7. The van der Waals surface area contributed by atoms with Crippen LogP contribution in [0.15, 0.2) is 0 Å². The molecule has 0 unspecified atom stereocenters. The van der Waals surface area contributed by atoms with Gasteiger partial charge in [-0.2, -0.15) is 0 Å². The van der Waals surface area contributed by atoms with Crippen LogP contribution >= 0.6 is 0 Å². The molecule has 0 amide bonds. The zero-order valence-electron chi connectivity index (χ0n) is 22.7. The Morgan fingerprint density at radius 1 is 0.455 bits per heavy atom. The number of unbranched alkanes of at least 4 members (excludes halogenated alkanes) is 6. The van der Waals surface area contributed by atoms with Crippen molar-refractivity contribution in [3.8, 4) is 0 Å². The van der Waals surface area contributed by atoms with E-state index in [4.69, 9.17) is 31.0 Å². The third-order valence-electron chi connectivity index (χ3n) is 6.73. The van der Waals surface area contributed by atoms with Gasteiger partial charge < -0.3 is 31.0 Å². The van der Waals surface area contributed by atoms with Crippen LogP contribution in [-0.4, -0.2) is 86.6 Å². The van der Waals surface area contributed by atoms with Crippen molar-refractivity contribution in [2.24, 2.45) is 0 Å². The van der Waals surface area contributed by atoms with E-state index in [2.05, 4.69) is 0 Å². The molecule has 0 atom stereocenters. The highest BCUT2D eigenvalue weighted by molar-refractivity contribution is 6.44. The van der Waals surface area contributed by atoms with Crippen LogP contribution in [0.1, 0.15) is 77.0 Å². The summed E-state index contributed by atoms with van der Waals surface area (Å²) in [6.45, 7) is 0. The largest absolute Gasteiger partial charge is 0.422 e. The van der Waals surface area contributed by atoms with Gasteiger partial charge in [0.1, 0.15) is 10.5 Å². The van der Waals surface area contributed by atoms with E-state index in [1.54, 1.807) is 42.7 Å². The molecule has 0 bridgehead atoms. The molecule has 0 spiro atoms. The summed E-state index contributed by atoms with van der Waals surface area (Å²) >= 11 is 0. The van der Waals surface area contributed by atoms with Crippen LogP contribution in [0.25, 0.3) is 0 Å². The monoisotopic (exact) mass is 542 g/mol. The van der Waals surface area contributed by atoms with Crippen molar-refractivity contribution in [1.82, 2.24) is 0 Å². The standard InChI is InChI=1S/C22H54O7Si4/c1-23-31(24-2)19-13-7-10-16-22(29-30,17-11-8-14-20-32(25-3)26-4)18-12-9-15-21-33(27-5)28-6/h31-33H,7-21H2,1-6,30H3. The minimum atomic E-state index is -1.42. The highest BCUT2D eigenvalue weighted by atomic mass is 28.3. The molecule has 0 aromatic rings. The molecule has 0 aliphatic rings. The fourth-order valence-electron chi connectivity index (χ4n) is 4.48. The maximum absolute atomic E-state index is 6.36. The minimum absolute atomic E-state index is 0.0598. The van der Waals surface area contributed by atoms with E-state index in [1.807, 2.05) is 0 Å². The summed E-state index contributed by atoms with van der Waals surface area (Å²) in [4.78, 5) is 0. The van der Waals surface area contributed by atoms with Crippen LogP contribution in [0.4, 0.5) is 0 Å². The second-order valence-electron chi connectivity index (χ2n) is 8.89. The first-order valence-corrected chi connectivity index (χ1v) is 18.9. The summed E-state index contributed by atoms with van der Waals surface area (Å²) in [5.74, 6) is 0. The van der Waals surface area contributed by atoms with Crippen LogP contribution < -0.4 is 0 Å². The van der Waals surface area contributed by atoms with E-state index in [0.29, 0.717) is 0 Å². The molecule has 7 nitrogen and oxygen atoms in total.